The third kappa shape index (κ3) is 3.62. The number of rotatable bonds is 4. The van der Waals surface area contributed by atoms with Gasteiger partial charge in [-0.2, -0.15) is 0 Å². The Labute approximate surface area is 98.8 Å². The Hall–Kier alpha value is -0.860. The minimum atomic E-state index is -0.269. The zero-order chi connectivity index (χ0) is 12.4. The van der Waals surface area contributed by atoms with E-state index in [0.717, 1.165) is 12.0 Å². The highest BCUT2D eigenvalue weighted by Gasteiger charge is 2.18. The van der Waals surface area contributed by atoms with Gasteiger partial charge in [0.05, 0.1) is 5.60 Å². The van der Waals surface area contributed by atoms with E-state index in [9.17, 15) is 0 Å². The largest absolute Gasteiger partial charge is 0.378 e. The molecule has 0 fully saturated rings. The molecular weight excluding hydrogens is 198 g/mol. The van der Waals surface area contributed by atoms with E-state index >= 15 is 0 Å². The van der Waals surface area contributed by atoms with Gasteiger partial charge in [-0.1, -0.05) is 24.3 Å². The molecule has 0 aliphatic rings. The fourth-order valence-electron chi connectivity index (χ4n) is 1.62. The van der Waals surface area contributed by atoms with Crippen molar-refractivity contribution in [2.24, 2.45) is 5.73 Å². The lowest BCUT2D eigenvalue weighted by atomic mass is 9.92. The first kappa shape index (κ1) is 13.2. The Morgan fingerprint density at radius 3 is 1.94 bits per heavy atom. The van der Waals surface area contributed by atoms with Crippen molar-refractivity contribution < 1.29 is 4.74 Å². The van der Waals surface area contributed by atoms with Crippen LogP contribution in [0.25, 0.3) is 0 Å². The second kappa shape index (κ2) is 4.56. The fraction of sp³-hybridized carbons (Fsp3) is 0.571. The minimum absolute atomic E-state index is 0.111. The number of hydrogen-bond acceptors (Lipinski definition) is 2. The summed E-state index contributed by atoms with van der Waals surface area (Å²) in [6.07, 6.45) is 0.911. The molecule has 90 valence electrons. The van der Waals surface area contributed by atoms with Crippen LogP contribution < -0.4 is 5.73 Å². The second-order valence-corrected chi connectivity index (χ2v) is 5.56. The van der Waals surface area contributed by atoms with Crippen LogP contribution in [0.1, 0.15) is 38.8 Å². The van der Waals surface area contributed by atoms with Gasteiger partial charge in [-0.15, -0.1) is 0 Å². The van der Waals surface area contributed by atoms with Crippen molar-refractivity contribution in [1.82, 2.24) is 0 Å². The Kier molecular flexibility index (Phi) is 3.76. The van der Waals surface area contributed by atoms with Crippen LogP contribution in [0.2, 0.25) is 0 Å². The van der Waals surface area contributed by atoms with Gasteiger partial charge in [0.25, 0.3) is 0 Å². The molecule has 0 bridgehead atoms. The molecule has 0 saturated heterocycles. The van der Waals surface area contributed by atoms with Crippen molar-refractivity contribution in [3.63, 3.8) is 0 Å². The van der Waals surface area contributed by atoms with E-state index in [1.54, 1.807) is 7.11 Å². The van der Waals surface area contributed by atoms with Gasteiger partial charge in [-0.3, -0.25) is 0 Å². The summed E-state index contributed by atoms with van der Waals surface area (Å²) in [4.78, 5) is 0. The van der Waals surface area contributed by atoms with E-state index in [-0.39, 0.29) is 11.1 Å². The first-order valence-electron chi connectivity index (χ1n) is 5.68. The van der Waals surface area contributed by atoms with E-state index in [0.29, 0.717) is 0 Å². The van der Waals surface area contributed by atoms with Crippen LogP contribution in [0, 0.1) is 0 Å². The number of methoxy groups -OCH3 is 1. The monoisotopic (exact) mass is 221 g/mol. The summed E-state index contributed by atoms with van der Waals surface area (Å²) in [6, 6.07) is 8.46. The second-order valence-electron chi connectivity index (χ2n) is 5.56. The summed E-state index contributed by atoms with van der Waals surface area (Å²) in [5.74, 6) is 0. The highest BCUT2D eigenvalue weighted by atomic mass is 16.5. The molecule has 0 amide bonds. The molecule has 2 heteroatoms. The SMILES string of the molecule is COC(C)(C)Cc1ccc(C(C)(C)N)cc1. The molecule has 0 atom stereocenters. The third-order valence-electron chi connectivity index (χ3n) is 2.88. The molecule has 0 aromatic heterocycles. The van der Waals surface area contributed by atoms with Gasteiger partial charge in [-0.05, 0) is 38.8 Å². The average Bonchev–Trinajstić information content (AvgIpc) is 2.16. The predicted octanol–water partition coefficient (Wildman–Crippen LogP) is 2.85. The summed E-state index contributed by atoms with van der Waals surface area (Å²) in [6.45, 7) is 8.21. The van der Waals surface area contributed by atoms with E-state index in [4.69, 9.17) is 10.5 Å². The third-order valence-corrected chi connectivity index (χ3v) is 2.88. The predicted molar refractivity (Wildman–Crippen MR) is 68.4 cm³/mol. The molecule has 0 aliphatic heterocycles. The van der Waals surface area contributed by atoms with Crippen LogP contribution in [0.5, 0.6) is 0 Å². The van der Waals surface area contributed by atoms with Gasteiger partial charge in [-0.25, -0.2) is 0 Å². The van der Waals surface area contributed by atoms with Crippen LogP contribution in [0.15, 0.2) is 24.3 Å². The van der Waals surface area contributed by atoms with Gasteiger partial charge in [0.1, 0.15) is 0 Å². The quantitative estimate of drug-likeness (QED) is 0.848. The zero-order valence-corrected chi connectivity index (χ0v) is 11.0. The van der Waals surface area contributed by atoms with Gasteiger partial charge in [0, 0.05) is 19.1 Å². The van der Waals surface area contributed by atoms with Crippen LogP contribution >= 0.6 is 0 Å². The lowest BCUT2D eigenvalue weighted by molar-refractivity contribution is 0.0232. The van der Waals surface area contributed by atoms with Crippen molar-refractivity contribution in [2.45, 2.75) is 45.3 Å². The first-order valence-corrected chi connectivity index (χ1v) is 5.68. The summed E-state index contributed by atoms with van der Waals surface area (Å²) in [5.41, 5.74) is 8.09. The van der Waals surface area contributed by atoms with Crippen molar-refractivity contribution >= 4 is 0 Å². The lowest BCUT2D eigenvalue weighted by Gasteiger charge is -2.24. The fourth-order valence-corrected chi connectivity index (χ4v) is 1.62. The molecular formula is C14H23NO. The van der Waals surface area contributed by atoms with Crippen molar-refractivity contribution in [2.75, 3.05) is 7.11 Å². The summed E-state index contributed by atoms with van der Waals surface area (Å²) in [5, 5.41) is 0. The summed E-state index contributed by atoms with van der Waals surface area (Å²) < 4.78 is 5.41. The molecule has 0 unspecified atom stereocenters. The van der Waals surface area contributed by atoms with Gasteiger partial charge < -0.3 is 10.5 Å². The molecule has 1 aromatic rings. The maximum absolute atomic E-state index is 6.04. The smallest absolute Gasteiger partial charge is 0.0662 e. The maximum Gasteiger partial charge on any atom is 0.0662 e. The van der Waals surface area contributed by atoms with Gasteiger partial charge in [0.15, 0.2) is 0 Å². The van der Waals surface area contributed by atoms with E-state index < -0.39 is 0 Å². The molecule has 2 nitrogen and oxygen atoms in total. The van der Waals surface area contributed by atoms with E-state index in [2.05, 4.69) is 38.1 Å². The number of benzene rings is 1. The average molecular weight is 221 g/mol. The number of ether oxygens (including phenoxy) is 1. The van der Waals surface area contributed by atoms with Crippen molar-refractivity contribution in [3.05, 3.63) is 35.4 Å². The molecule has 0 spiro atoms. The molecule has 0 heterocycles. The minimum Gasteiger partial charge on any atom is -0.378 e. The van der Waals surface area contributed by atoms with Crippen molar-refractivity contribution in [1.29, 1.82) is 0 Å². The molecule has 16 heavy (non-hydrogen) atoms. The van der Waals surface area contributed by atoms with Crippen LogP contribution in [-0.4, -0.2) is 12.7 Å². The Balaban J connectivity index is 2.80. The highest BCUT2D eigenvalue weighted by Crippen LogP contribution is 2.20. The summed E-state index contributed by atoms with van der Waals surface area (Å²) in [7, 11) is 1.75. The van der Waals surface area contributed by atoms with Crippen LogP contribution in [-0.2, 0) is 16.7 Å². The number of hydrogen-bond donors (Lipinski definition) is 1. The molecule has 0 aliphatic carbocycles. The molecule has 1 rings (SSSR count). The maximum atomic E-state index is 6.04. The van der Waals surface area contributed by atoms with Gasteiger partial charge in [0.2, 0.25) is 0 Å². The number of nitrogens with two attached hydrogens (primary N) is 1. The molecule has 0 radical (unpaired) electrons. The van der Waals surface area contributed by atoms with E-state index in [1.807, 2.05) is 13.8 Å². The van der Waals surface area contributed by atoms with Crippen molar-refractivity contribution in [3.8, 4) is 0 Å². The lowest BCUT2D eigenvalue weighted by Crippen LogP contribution is -2.29. The summed E-state index contributed by atoms with van der Waals surface area (Å²) >= 11 is 0. The molecule has 2 N–H and O–H groups in total. The Bertz CT molecular complexity index is 333. The molecule has 1 aromatic carbocycles. The topological polar surface area (TPSA) is 35.2 Å². The zero-order valence-electron chi connectivity index (χ0n) is 11.0. The molecule has 0 saturated carbocycles. The van der Waals surface area contributed by atoms with E-state index in [1.165, 1.54) is 5.56 Å². The normalized spacial score (nSPS) is 12.9. The first-order chi connectivity index (χ1) is 7.24. The van der Waals surface area contributed by atoms with Crippen LogP contribution in [0.4, 0.5) is 0 Å². The van der Waals surface area contributed by atoms with Gasteiger partial charge >= 0.3 is 0 Å². The highest BCUT2D eigenvalue weighted by molar-refractivity contribution is 5.27. The Morgan fingerprint density at radius 1 is 1.06 bits per heavy atom. The Morgan fingerprint density at radius 2 is 1.56 bits per heavy atom. The van der Waals surface area contributed by atoms with Crippen LogP contribution in [0.3, 0.4) is 0 Å². The standard InChI is InChI=1S/C14H23NO/c1-13(2,16-5)10-11-6-8-12(9-7-11)14(3,4)15/h6-9H,10,15H2,1-5H3.